The van der Waals surface area contributed by atoms with E-state index in [9.17, 15) is 22.7 Å². The normalized spacial score (nSPS) is 10.2. The average molecular weight is 366 g/mol. The van der Waals surface area contributed by atoms with Gasteiger partial charge in [-0.15, -0.1) is 13.2 Å². The third-order valence-corrected chi connectivity index (χ3v) is 2.56. The molecule has 5 nitrogen and oxygen atoms in total. The summed E-state index contributed by atoms with van der Waals surface area (Å²) < 4.78 is 53.0. The molecule has 0 saturated carbocycles. The molecule has 110 valence electrons. The minimum absolute atomic E-state index is 0.398. The second-order valence-electron chi connectivity index (χ2n) is 3.37. The van der Waals surface area contributed by atoms with E-state index in [2.05, 4.69) is 26.0 Å². The van der Waals surface area contributed by atoms with Gasteiger partial charge in [0.25, 0.3) is 0 Å². The summed E-state index contributed by atoms with van der Waals surface area (Å²) in [5, 5.41) is 28.8. The number of anilines is 1. The van der Waals surface area contributed by atoms with Crippen LogP contribution in [-0.4, -0.2) is 11.5 Å². The third kappa shape index (κ3) is 4.26. The monoisotopic (exact) mass is 365 g/mol. The first kappa shape index (κ1) is 16.6. The van der Waals surface area contributed by atoms with E-state index in [1.807, 2.05) is 0 Å². The van der Waals surface area contributed by atoms with Crippen LogP contribution in [0, 0.1) is 28.5 Å². The van der Waals surface area contributed by atoms with E-state index in [0.29, 0.717) is 0 Å². The highest BCUT2D eigenvalue weighted by atomic mass is 79.9. The van der Waals surface area contributed by atoms with Crippen LogP contribution < -0.4 is 10.1 Å². The molecule has 0 saturated heterocycles. The SMILES string of the molecule is N#CC(C#N)=CNc1cc(Br)c(F)c(OC(F)(F)F)c1O. The summed E-state index contributed by atoms with van der Waals surface area (Å²) in [4.78, 5) is 0. The van der Waals surface area contributed by atoms with E-state index < -0.39 is 39.4 Å². The first-order valence-electron chi connectivity index (χ1n) is 4.93. The van der Waals surface area contributed by atoms with Crippen molar-refractivity contribution in [3.05, 3.63) is 28.1 Å². The molecule has 0 atom stereocenters. The van der Waals surface area contributed by atoms with Gasteiger partial charge < -0.3 is 15.2 Å². The van der Waals surface area contributed by atoms with Crippen molar-refractivity contribution in [3.63, 3.8) is 0 Å². The number of alkyl halides is 3. The molecule has 0 aliphatic heterocycles. The zero-order valence-corrected chi connectivity index (χ0v) is 11.4. The number of allylic oxidation sites excluding steroid dienone is 1. The Morgan fingerprint density at radius 3 is 2.43 bits per heavy atom. The highest BCUT2D eigenvalue weighted by Gasteiger charge is 2.35. The van der Waals surface area contributed by atoms with Crippen molar-refractivity contribution in [2.45, 2.75) is 6.36 Å². The number of hydrogen-bond donors (Lipinski definition) is 2. The number of benzene rings is 1. The number of nitriles is 2. The van der Waals surface area contributed by atoms with Crippen LogP contribution in [-0.2, 0) is 0 Å². The number of halogens is 5. The van der Waals surface area contributed by atoms with E-state index in [-0.39, 0.29) is 0 Å². The number of phenolic OH excluding ortho intramolecular Hbond substituents is 1. The standard InChI is InChI=1S/C11H4BrF4N3O2/c12-6-1-7(19-4-5(2-17)3-18)9(20)10(8(6)13)21-11(14,15)16/h1,4,19-20H. The Morgan fingerprint density at radius 1 is 1.38 bits per heavy atom. The fraction of sp³-hybridized carbons (Fsp3) is 0.0909. The van der Waals surface area contributed by atoms with Gasteiger partial charge in [-0.25, -0.2) is 4.39 Å². The Bertz CT molecular complexity index is 658. The summed E-state index contributed by atoms with van der Waals surface area (Å²) in [5.74, 6) is -4.07. The van der Waals surface area contributed by atoms with Gasteiger partial charge in [0, 0.05) is 6.20 Å². The molecule has 1 rings (SSSR count). The minimum atomic E-state index is -5.21. The molecule has 1 aromatic rings. The fourth-order valence-corrected chi connectivity index (χ4v) is 1.56. The molecule has 1 aromatic carbocycles. The van der Waals surface area contributed by atoms with Crippen molar-refractivity contribution in [3.8, 4) is 23.6 Å². The lowest BCUT2D eigenvalue weighted by molar-refractivity contribution is -0.276. The molecule has 0 amide bonds. The molecule has 21 heavy (non-hydrogen) atoms. The van der Waals surface area contributed by atoms with Gasteiger partial charge in [0.05, 0.1) is 10.2 Å². The van der Waals surface area contributed by atoms with Gasteiger partial charge >= 0.3 is 6.36 Å². The molecule has 0 aromatic heterocycles. The van der Waals surface area contributed by atoms with Crippen LogP contribution in [0.2, 0.25) is 0 Å². The zero-order chi connectivity index (χ0) is 16.2. The smallest absolute Gasteiger partial charge is 0.503 e. The summed E-state index contributed by atoms with van der Waals surface area (Å²) in [5.41, 5.74) is -0.807. The van der Waals surface area contributed by atoms with Gasteiger partial charge in [0.15, 0.2) is 11.6 Å². The number of hydrogen-bond acceptors (Lipinski definition) is 5. The Labute approximate surface area is 123 Å². The molecule has 2 N–H and O–H groups in total. The van der Waals surface area contributed by atoms with E-state index >= 15 is 0 Å². The fourth-order valence-electron chi connectivity index (χ4n) is 1.15. The van der Waals surface area contributed by atoms with Crippen LogP contribution in [0.15, 0.2) is 22.3 Å². The summed E-state index contributed by atoms with van der Waals surface area (Å²) in [6.45, 7) is 0. The highest BCUT2D eigenvalue weighted by Crippen LogP contribution is 2.43. The Kier molecular flexibility index (Phi) is 5.00. The number of nitrogens with one attached hydrogen (secondary N) is 1. The maximum atomic E-state index is 13.5. The Morgan fingerprint density at radius 2 is 1.95 bits per heavy atom. The van der Waals surface area contributed by atoms with Gasteiger partial charge in [-0.1, -0.05) is 0 Å². The van der Waals surface area contributed by atoms with Crippen LogP contribution in [0.1, 0.15) is 0 Å². The molecule has 0 bridgehead atoms. The van der Waals surface area contributed by atoms with Crippen LogP contribution in [0.5, 0.6) is 11.5 Å². The number of aromatic hydroxyl groups is 1. The number of rotatable bonds is 3. The topological polar surface area (TPSA) is 89.1 Å². The first-order chi connectivity index (χ1) is 9.69. The van der Waals surface area contributed by atoms with E-state index in [1.165, 1.54) is 12.1 Å². The summed E-state index contributed by atoms with van der Waals surface area (Å²) in [6, 6.07) is 3.87. The van der Waals surface area contributed by atoms with Crippen molar-refractivity contribution < 1.29 is 27.4 Å². The van der Waals surface area contributed by atoms with Gasteiger partial charge in [-0.2, -0.15) is 10.5 Å². The lowest BCUT2D eigenvalue weighted by Gasteiger charge is -2.14. The van der Waals surface area contributed by atoms with E-state index in [0.717, 1.165) is 12.3 Å². The second-order valence-corrected chi connectivity index (χ2v) is 4.23. The lowest BCUT2D eigenvalue weighted by Crippen LogP contribution is -2.18. The zero-order valence-electron chi connectivity index (χ0n) is 9.79. The van der Waals surface area contributed by atoms with Crippen molar-refractivity contribution in [2.75, 3.05) is 5.32 Å². The second kappa shape index (κ2) is 6.33. The van der Waals surface area contributed by atoms with Crippen molar-refractivity contribution in [2.24, 2.45) is 0 Å². The third-order valence-electron chi connectivity index (χ3n) is 1.98. The molecule has 0 heterocycles. The van der Waals surface area contributed by atoms with Crippen molar-refractivity contribution in [1.82, 2.24) is 0 Å². The van der Waals surface area contributed by atoms with Gasteiger partial charge in [-0.05, 0) is 22.0 Å². The largest absolute Gasteiger partial charge is 0.573 e. The maximum absolute atomic E-state index is 13.5. The van der Waals surface area contributed by atoms with E-state index in [1.54, 1.807) is 0 Å². The maximum Gasteiger partial charge on any atom is 0.573 e. The van der Waals surface area contributed by atoms with Crippen LogP contribution >= 0.6 is 15.9 Å². The van der Waals surface area contributed by atoms with E-state index in [4.69, 9.17) is 10.5 Å². The lowest BCUT2D eigenvalue weighted by atomic mass is 10.2. The van der Waals surface area contributed by atoms with Crippen molar-refractivity contribution in [1.29, 1.82) is 10.5 Å². The minimum Gasteiger partial charge on any atom is -0.503 e. The molecule has 0 fully saturated rings. The van der Waals surface area contributed by atoms with Gasteiger partial charge in [-0.3, -0.25) is 0 Å². The predicted octanol–water partition coefficient (Wildman–Crippen LogP) is 3.54. The van der Waals surface area contributed by atoms with Crippen LogP contribution in [0.3, 0.4) is 0 Å². The molecular weight excluding hydrogens is 362 g/mol. The van der Waals surface area contributed by atoms with Crippen molar-refractivity contribution >= 4 is 21.6 Å². The molecule has 0 aliphatic carbocycles. The number of phenols is 1. The molecule has 10 heteroatoms. The summed E-state index contributed by atoms with van der Waals surface area (Å²) in [7, 11) is 0. The molecule has 0 aliphatic rings. The number of nitrogens with zero attached hydrogens (tertiary/aromatic N) is 2. The van der Waals surface area contributed by atoms with Crippen LogP contribution in [0.4, 0.5) is 23.2 Å². The quantitative estimate of drug-likeness (QED) is 0.485. The Balaban J connectivity index is 3.28. The molecular formula is C11H4BrF4N3O2. The molecule has 0 unspecified atom stereocenters. The summed E-state index contributed by atoms with van der Waals surface area (Å²) in [6.07, 6.45) is -4.38. The molecule has 0 spiro atoms. The Hall–Kier alpha value is -2.46. The predicted molar refractivity (Wildman–Crippen MR) is 65.4 cm³/mol. The summed E-state index contributed by atoms with van der Waals surface area (Å²) >= 11 is 2.66. The first-order valence-corrected chi connectivity index (χ1v) is 5.72. The number of ether oxygens (including phenoxy) is 1. The molecule has 0 radical (unpaired) electrons. The van der Waals surface area contributed by atoms with Gasteiger partial charge in [0.2, 0.25) is 5.75 Å². The average Bonchev–Trinajstić information content (AvgIpc) is 2.40. The van der Waals surface area contributed by atoms with Crippen LogP contribution in [0.25, 0.3) is 0 Å². The highest BCUT2D eigenvalue weighted by molar-refractivity contribution is 9.10. The van der Waals surface area contributed by atoms with Gasteiger partial charge in [0.1, 0.15) is 17.7 Å².